The van der Waals surface area contributed by atoms with Gasteiger partial charge in [0.15, 0.2) is 19.7 Å². The molecule has 2 unspecified atom stereocenters. The molecule has 0 radical (unpaired) electrons. The van der Waals surface area contributed by atoms with E-state index in [1.165, 1.54) is 0 Å². The molecule has 0 aromatic heterocycles. The van der Waals surface area contributed by atoms with Gasteiger partial charge in [-0.3, -0.25) is 0 Å². The molecule has 4 nitrogen and oxygen atoms in total. The standard InChI is InChI=1S/C5H6F4O2S.C4H6O2S/c6-4-2-12(10,11)1-3(4)5(7,8)9;5-7(6)3-1-2-4-7/h3-4H,1-2H2;1-2H,3-4H2. The number of rotatable bonds is 0. The SMILES string of the molecule is O=S1(=O)CC(F)C(C(F)(F)F)C1.O=S1(=O)CC=CC1. The van der Waals surface area contributed by atoms with Gasteiger partial charge in [0, 0.05) is 0 Å². The Labute approximate surface area is 108 Å². The molecule has 0 saturated carbocycles. The largest absolute Gasteiger partial charge is 0.395 e. The summed E-state index contributed by atoms with van der Waals surface area (Å²) in [6.07, 6.45) is -3.69. The predicted octanol–water partition coefficient (Wildman–Crippen LogP) is 0.902. The van der Waals surface area contributed by atoms with E-state index in [-0.39, 0.29) is 11.5 Å². The maximum absolute atomic E-state index is 12.5. The minimum atomic E-state index is -4.75. The lowest BCUT2D eigenvalue weighted by molar-refractivity contribution is -0.179. The molecule has 0 bridgehead atoms. The Balaban J connectivity index is 0.000000218. The average molecular weight is 324 g/mol. The van der Waals surface area contributed by atoms with Gasteiger partial charge in [0.25, 0.3) is 0 Å². The maximum atomic E-state index is 12.5. The van der Waals surface area contributed by atoms with Crippen molar-refractivity contribution in [2.45, 2.75) is 12.3 Å². The van der Waals surface area contributed by atoms with Gasteiger partial charge in [-0.2, -0.15) is 13.2 Å². The molecule has 0 aliphatic carbocycles. The van der Waals surface area contributed by atoms with Crippen LogP contribution in [0.25, 0.3) is 0 Å². The highest BCUT2D eigenvalue weighted by Crippen LogP contribution is 2.36. The number of hydrogen-bond acceptors (Lipinski definition) is 4. The molecular weight excluding hydrogens is 312 g/mol. The highest BCUT2D eigenvalue weighted by atomic mass is 32.2. The van der Waals surface area contributed by atoms with Crippen LogP contribution in [-0.2, 0) is 19.7 Å². The molecule has 0 aromatic carbocycles. The van der Waals surface area contributed by atoms with Crippen LogP contribution in [0.1, 0.15) is 0 Å². The van der Waals surface area contributed by atoms with Crippen LogP contribution < -0.4 is 0 Å². The van der Waals surface area contributed by atoms with Gasteiger partial charge in [-0.25, -0.2) is 21.2 Å². The second-order valence-electron chi connectivity index (χ2n) is 4.29. The van der Waals surface area contributed by atoms with Crippen molar-refractivity contribution in [3.8, 4) is 0 Å². The molecule has 0 spiro atoms. The first-order valence-electron chi connectivity index (χ1n) is 5.19. The zero-order valence-corrected chi connectivity index (χ0v) is 11.2. The molecule has 0 N–H and O–H groups in total. The summed E-state index contributed by atoms with van der Waals surface area (Å²) in [6, 6.07) is 0. The van der Waals surface area contributed by atoms with Gasteiger partial charge in [-0.1, -0.05) is 12.2 Å². The van der Waals surface area contributed by atoms with E-state index in [1.807, 2.05) is 0 Å². The van der Waals surface area contributed by atoms with Crippen LogP contribution in [0.3, 0.4) is 0 Å². The Morgan fingerprint density at radius 1 is 0.895 bits per heavy atom. The number of alkyl halides is 4. The fourth-order valence-corrected chi connectivity index (χ4v) is 4.39. The van der Waals surface area contributed by atoms with Crippen molar-refractivity contribution in [3.05, 3.63) is 12.2 Å². The predicted molar refractivity (Wildman–Crippen MR) is 60.9 cm³/mol. The highest BCUT2D eigenvalue weighted by molar-refractivity contribution is 7.92. The number of halogens is 4. The molecule has 112 valence electrons. The summed E-state index contributed by atoms with van der Waals surface area (Å²) >= 11 is 0. The van der Waals surface area contributed by atoms with Crippen molar-refractivity contribution in [1.82, 2.24) is 0 Å². The quantitative estimate of drug-likeness (QED) is 0.490. The van der Waals surface area contributed by atoms with Gasteiger partial charge in [-0.05, 0) is 0 Å². The Kier molecular flexibility index (Phi) is 4.66. The fourth-order valence-electron chi connectivity index (χ4n) is 1.60. The van der Waals surface area contributed by atoms with Crippen LogP contribution in [0, 0.1) is 5.92 Å². The smallest absolute Gasteiger partial charge is 0.246 e. The van der Waals surface area contributed by atoms with Crippen LogP contribution in [0.15, 0.2) is 12.2 Å². The lowest BCUT2D eigenvalue weighted by Gasteiger charge is -2.14. The second-order valence-corrected chi connectivity index (χ2v) is 8.60. The molecular formula is C9H12F4O4S2. The summed E-state index contributed by atoms with van der Waals surface area (Å²) < 4.78 is 89.9. The summed E-state index contributed by atoms with van der Waals surface area (Å²) in [6.45, 7) is 0. The second kappa shape index (κ2) is 5.39. The van der Waals surface area contributed by atoms with E-state index in [9.17, 15) is 34.4 Å². The zero-order chi connectivity index (χ0) is 14.9. The minimum absolute atomic E-state index is 0.243. The summed E-state index contributed by atoms with van der Waals surface area (Å²) in [5, 5.41) is 0. The lowest BCUT2D eigenvalue weighted by atomic mass is 10.1. The third-order valence-electron chi connectivity index (χ3n) is 2.57. The molecule has 2 atom stereocenters. The Bertz CT molecular complexity index is 533. The summed E-state index contributed by atoms with van der Waals surface area (Å²) in [7, 11) is -6.48. The molecule has 19 heavy (non-hydrogen) atoms. The molecule has 10 heteroatoms. The monoisotopic (exact) mass is 324 g/mol. The van der Waals surface area contributed by atoms with Gasteiger partial charge in [0.2, 0.25) is 0 Å². The first-order valence-corrected chi connectivity index (χ1v) is 8.84. The molecule has 2 heterocycles. The molecule has 0 aromatic rings. The van der Waals surface area contributed by atoms with E-state index in [0.717, 1.165) is 0 Å². The summed E-state index contributed by atoms with van der Waals surface area (Å²) in [4.78, 5) is 0. The third-order valence-corrected chi connectivity index (χ3v) is 5.66. The number of hydrogen-bond donors (Lipinski definition) is 0. The van der Waals surface area contributed by atoms with E-state index in [2.05, 4.69) is 0 Å². The maximum Gasteiger partial charge on any atom is 0.395 e. The van der Waals surface area contributed by atoms with Gasteiger partial charge >= 0.3 is 6.18 Å². The molecule has 2 rings (SSSR count). The van der Waals surface area contributed by atoms with Crippen LogP contribution in [0.5, 0.6) is 0 Å². The van der Waals surface area contributed by atoms with Crippen molar-refractivity contribution in [2.75, 3.05) is 23.0 Å². The van der Waals surface area contributed by atoms with Crippen LogP contribution >= 0.6 is 0 Å². The lowest BCUT2D eigenvalue weighted by Crippen LogP contribution is -2.30. The molecule has 2 aliphatic rings. The van der Waals surface area contributed by atoms with Crippen molar-refractivity contribution in [2.24, 2.45) is 5.92 Å². The van der Waals surface area contributed by atoms with E-state index >= 15 is 0 Å². The van der Waals surface area contributed by atoms with Gasteiger partial charge < -0.3 is 0 Å². The van der Waals surface area contributed by atoms with Gasteiger partial charge in [0.05, 0.1) is 23.0 Å². The minimum Gasteiger partial charge on any atom is -0.246 e. The summed E-state index contributed by atoms with van der Waals surface area (Å²) in [5.41, 5.74) is 0. The molecule has 1 saturated heterocycles. The molecule has 0 amide bonds. The zero-order valence-electron chi connectivity index (χ0n) is 9.60. The number of sulfone groups is 2. The Morgan fingerprint density at radius 3 is 1.53 bits per heavy atom. The van der Waals surface area contributed by atoms with Crippen molar-refractivity contribution in [3.63, 3.8) is 0 Å². The van der Waals surface area contributed by atoms with E-state index in [1.54, 1.807) is 12.2 Å². The van der Waals surface area contributed by atoms with Crippen molar-refractivity contribution < 1.29 is 34.4 Å². The summed E-state index contributed by atoms with van der Waals surface area (Å²) in [5.74, 6) is -3.96. The Hall–Kier alpha value is -0.640. The van der Waals surface area contributed by atoms with Crippen LogP contribution in [0.4, 0.5) is 17.6 Å². The Morgan fingerprint density at radius 2 is 1.37 bits per heavy atom. The fraction of sp³-hybridized carbons (Fsp3) is 0.778. The first-order chi connectivity index (χ1) is 8.43. The van der Waals surface area contributed by atoms with E-state index in [4.69, 9.17) is 0 Å². The van der Waals surface area contributed by atoms with E-state index < -0.39 is 49.4 Å². The van der Waals surface area contributed by atoms with Crippen molar-refractivity contribution in [1.29, 1.82) is 0 Å². The average Bonchev–Trinajstić information content (AvgIpc) is 2.69. The molecule has 1 fully saturated rings. The van der Waals surface area contributed by atoms with E-state index in [0.29, 0.717) is 0 Å². The normalized spacial score (nSPS) is 31.8. The van der Waals surface area contributed by atoms with Gasteiger partial charge in [0.1, 0.15) is 12.1 Å². The topological polar surface area (TPSA) is 68.3 Å². The highest BCUT2D eigenvalue weighted by Gasteiger charge is 2.53. The van der Waals surface area contributed by atoms with Crippen LogP contribution in [0.2, 0.25) is 0 Å². The van der Waals surface area contributed by atoms with Crippen LogP contribution in [-0.4, -0.2) is 52.2 Å². The molecule has 2 aliphatic heterocycles. The van der Waals surface area contributed by atoms with Crippen molar-refractivity contribution >= 4 is 19.7 Å². The first kappa shape index (κ1) is 16.4. The third kappa shape index (κ3) is 5.09. The van der Waals surface area contributed by atoms with Gasteiger partial charge in [-0.15, -0.1) is 0 Å².